The molecular formula is C11H11NO4S. The fraction of sp³-hybridized carbons (Fsp3) is 0.273. The van der Waals surface area contributed by atoms with Gasteiger partial charge in [-0.2, -0.15) is 0 Å². The van der Waals surface area contributed by atoms with E-state index in [1.54, 1.807) is 16.0 Å². The number of aromatic nitrogens is 1. The lowest BCUT2D eigenvalue weighted by molar-refractivity contribution is 0.0563. The Morgan fingerprint density at radius 1 is 1.59 bits per heavy atom. The van der Waals surface area contributed by atoms with Crippen LogP contribution in [0.15, 0.2) is 26.9 Å². The molecule has 2 heterocycles. The molecule has 0 atom stereocenters. The van der Waals surface area contributed by atoms with E-state index in [4.69, 9.17) is 4.42 Å². The van der Waals surface area contributed by atoms with E-state index >= 15 is 0 Å². The average Bonchev–Trinajstić information content (AvgIpc) is 2.90. The molecule has 0 aliphatic carbocycles. The fourth-order valence-corrected chi connectivity index (χ4v) is 2.23. The number of esters is 1. The van der Waals surface area contributed by atoms with Crippen LogP contribution in [0.4, 0.5) is 0 Å². The predicted molar refractivity (Wildman–Crippen MR) is 62.5 cm³/mol. The molecule has 0 bridgehead atoms. The van der Waals surface area contributed by atoms with Crippen LogP contribution in [0, 0.1) is 6.92 Å². The molecule has 0 fully saturated rings. The second-order valence-corrected chi connectivity index (χ2v) is 4.32. The van der Waals surface area contributed by atoms with Gasteiger partial charge < -0.3 is 9.15 Å². The fourth-order valence-electron chi connectivity index (χ4n) is 1.50. The van der Waals surface area contributed by atoms with Gasteiger partial charge in [0, 0.05) is 16.6 Å². The highest BCUT2D eigenvalue weighted by Gasteiger charge is 2.17. The summed E-state index contributed by atoms with van der Waals surface area (Å²) in [6.45, 7) is 2.16. The quantitative estimate of drug-likeness (QED) is 0.780. The first-order chi connectivity index (χ1) is 8.13. The monoisotopic (exact) mass is 253 g/mol. The first-order valence-electron chi connectivity index (χ1n) is 4.93. The number of hydrogen-bond acceptors (Lipinski definition) is 5. The number of rotatable bonds is 3. The standard InChI is InChI=1S/C11H11NO4S/c1-7-6-17-11(14)12(7)5-8-3-4-16-9(8)10(13)15-2/h3-4,6H,5H2,1-2H3. The van der Waals surface area contributed by atoms with Crippen LogP contribution in [0.25, 0.3) is 0 Å². The Morgan fingerprint density at radius 2 is 2.35 bits per heavy atom. The minimum absolute atomic E-state index is 0.0560. The highest BCUT2D eigenvalue weighted by molar-refractivity contribution is 7.07. The zero-order valence-electron chi connectivity index (χ0n) is 9.43. The van der Waals surface area contributed by atoms with Crippen molar-refractivity contribution < 1.29 is 13.9 Å². The highest BCUT2D eigenvalue weighted by atomic mass is 32.1. The Labute approximate surface area is 101 Å². The second kappa shape index (κ2) is 4.58. The van der Waals surface area contributed by atoms with Crippen LogP contribution in [0.5, 0.6) is 0 Å². The van der Waals surface area contributed by atoms with E-state index in [2.05, 4.69) is 4.74 Å². The van der Waals surface area contributed by atoms with Crippen LogP contribution in [0.1, 0.15) is 21.8 Å². The summed E-state index contributed by atoms with van der Waals surface area (Å²) >= 11 is 1.13. The lowest BCUT2D eigenvalue weighted by Gasteiger charge is -2.03. The molecule has 90 valence electrons. The Kier molecular flexibility index (Phi) is 3.14. The Bertz CT molecular complexity index is 593. The van der Waals surface area contributed by atoms with Crippen molar-refractivity contribution in [1.82, 2.24) is 4.57 Å². The largest absolute Gasteiger partial charge is 0.463 e. The normalized spacial score (nSPS) is 10.5. The second-order valence-electron chi connectivity index (χ2n) is 3.50. The van der Waals surface area contributed by atoms with Crippen molar-refractivity contribution >= 4 is 17.3 Å². The molecule has 0 saturated heterocycles. The zero-order valence-corrected chi connectivity index (χ0v) is 10.2. The van der Waals surface area contributed by atoms with Gasteiger partial charge >= 0.3 is 10.8 Å². The Morgan fingerprint density at radius 3 is 2.94 bits per heavy atom. The molecule has 17 heavy (non-hydrogen) atoms. The van der Waals surface area contributed by atoms with Crippen molar-refractivity contribution in [3.63, 3.8) is 0 Å². The van der Waals surface area contributed by atoms with Gasteiger partial charge in [-0.1, -0.05) is 11.3 Å². The van der Waals surface area contributed by atoms with Gasteiger partial charge in [-0.05, 0) is 13.0 Å². The minimum Gasteiger partial charge on any atom is -0.463 e. The molecular weight excluding hydrogens is 242 g/mol. The lowest BCUT2D eigenvalue weighted by Crippen LogP contribution is -2.16. The zero-order chi connectivity index (χ0) is 12.4. The maximum absolute atomic E-state index is 11.6. The predicted octanol–water partition coefficient (Wildman–Crippen LogP) is 1.65. The summed E-state index contributed by atoms with van der Waals surface area (Å²) in [7, 11) is 1.29. The smallest absolute Gasteiger partial charge is 0.374 e. The highest BCUT2D eigenvalue weighted by Crippen LogP contribution is 2.14. The van der Waals surface area contributed by atoms with Crippen LogP contribution in [-0.2, 0) is 11.3 Å². The molecule has 0 saturated carbocycles. The molecule has 0 amide bonds. The van der Waals surface area contributed by atoms with E-state index in [0.29, 0.717) is 12.1 Å². The lowest BCUT2D eigenvalue weighted by atomic mass is 10.2. The van der Waals surface area contributed by atoms with Crippen molar-refractivity contribution in [2.75, 3.05) is 7.11 Å². The summed E-state index contributed by atoms with van der Waals surface area (Å²) in [5.74, 6) is -0.393. The molecule has 0 radical (unpaired) electrons. The van der Waals surface area contributed by atoms with Crippen molar-refractivity contribution in [2.45, 2.75) is 13.5 Å². The molecule has 2 rings (SSSR count). The van der Waals surface area contributed by atoms with Crippen molar-refractivity contribution in [2.24, 2.45) is 0 Å². The topological polar surface area (TPSA) is 61.4 Å². The third kappa shape index (κ3) is 2.16. The number of ether oxygens (including phenoxy) is 1. The molecule has 2 aromatic heterocycles. The van der Waals surface area contributed by atoms with Gasteiger partial charge in [0.2, 0.25) is 5.76 Å². The molecule has 0 aliphatic rings. The molecule has 0 spiro atoms. The molecule has 5 nitrogen and oxygen atoms in total. The number of aryl methyl sites for hydroxylation is 1. The third-order valence-electron chi connectivity index (χ3n) is 2.42. The van der Waals surface area contributed by atoms with Crippen LogP contribution >= 0.6 is 11.3 Å². The van der Waals surface area contributed by atoms with E-state index in [1.807, 2.05) is 6.92 Å². The Hall–Kier alpha value is -1.82. The van der Waals surface area contributed by atoms with Gasteiger partial charge in [0.25, 0.3) is 0 Å². The minimum atomic E-state index is -0.536. The molecule has 6 heteroatoms. The number of carbonyl (C=O) groups is 1. The van der Waals surface area contributed by atoms with Crippen LogP contribution in [-0.4, -0.2) is 17.6 Å². The van der Waals surface area contributed by atoms with Gasteiger partial charge in [0.15, 0.2) is 0 Å². The third-order valence-corrected chi connectivity index (χ3v) is 3.30. The molecule has 0 aliphatic heterocycles. The molecule has 2 aromatic rings. The summed E-state index contributed by atoms with van der Waals surface area (Å²) in [4.78, 5) is 22.9. The maximum Gasteiger partial charge on any atom is 0.374 e. The molecule has 0 unspecified atom stereocenters. The van der Waals surface area contributed by atoms with Gasteiger partial charge in [-0.15, -0.1) is 0 Å². The number of furan rings is 1. The van der Waals surface area contributed by atoms with E-state index in [9.17, 15) is 9.59 Å². The summed E-state index contributed by atoms with van der Waals surface area (Å²) in [5, 5.41) is 1.78. The van der Waals surface area contributed by atoms with Crippen LogP contribution < -0.4 is 4.87 Å². The summed E-state index contributed by atoms with van der Waals surface area (Å²) in [6, 6.07) is 1.66. The average molecular weight is 253 g/mol. The van der Waals surface area contributed by atoms with Crippen LogP contribution in [0.3, 0.4) is 0 Å². The van der Waals surface area contributed by atoms with Gasteiger partial charge in [0.05, 0.1) is 19.9 Å². The van der Waals surface area contributed by atoms with E-state index in [1.165, 1.54) is 13.4 Å². The SMILES string of the molecule is COC(=O)c1occc1Cn1c(C)csc1=O. The van der Waals surface area contributed by atoms with Crippen molar-refractivity contribution in [3.05, 3.63) is 44.4 Å². The number of nitrogens with zero attached hydrogens (tertiary/aromatic N) is 1. The van der Waals surface area contributed by atoms with Gasteiger partial charge in [-0.3, -0.25) is 9.36 Å². The van der Waals surface area contributed by atoms with Crippen molar-refractivity contribution in [1.29, 1.82) is 0 Å². The van der Waals surface area contributed by atoms with E-state index < -0.39 is 5.97 Å². The summed E-state index contributed by atoms with van der Waals surface area (Å²) in [5.41, 5.74) is 1.50. The molecule has 0 N–H and O–H groups in total. The first kappa shape index (κ1) is 11.7. The number of hydrogen-bond donors (Lipinski definition) is 0. The van der Waals surface area contributed by atoms with E-state index in [-0.39, 0.29) is 10.6 Å². The summed E-state index contributed by atoms with van der Waals surface area (Å²) < 4.78 is 11.2. The van der Waals surface area contributed by atoms with Gasteiger partial charge in [-0.25, -0.2) is 4.79 Å². The van der Waals surface area contributed by atoms with Crippen LogP contribution in [0.2, 0.25) is 0 Å². The van der Waals surface area contributed by atoms with Crippen molar-refractivity contribution in [3.8, 4) is 0 Å². The number of thiazole rings is 1. The van der Waals surface area contributed by atoms with Gasteiger partial charge in [0.1, 0.15) is 0 Å². The number of carbonyl (C=O) groups excluding carboxylic acids is 1. The molecule has 0 aromatic carbocycles. The number of methoxy groups -OCH3 is 1. The Balaban J connectivity index is 2.34. The van der Waals surface area contributed by atoms with E-state index in [0.717, 1.165) is 17.0 Å². The summed E-state index contributed by atoms with van der Waals surface area (Å²) in [6.07, 6.45) is 1.41. The first-order valence-corrected chi connectivity index (χ1v) is 5.81. The maximum atomic E-state index is 11.6.